The lowest BCUT2D eigenvalue weighted by atomic mass is 9.98. The van der Waals surface area contributed by atoms with Crippen molar-refractivity contribution in [1.82, 2.24) is 0 Å². The topological polar surface area (TPSA) is 43.4 Å². The molecule has 0 saturated heterocycles. The quantitative estimate of drug-likeness (QED) is 0.460. The van der Waals surface area contributed by atoms with Crippen LogP contribution in [-0.2, 0) is 4.74 Å². The van der Waals surface area contributed by atoms with Gasteiger partial charge >= 0.3 is 5.97 Å². The summed E-state index contributed by atoms with van der Waals surface area (Å²) in [7, 11) is 0. The molecule has 0 aliphatic heterocycles. The zero-order valence-corrected chi connectivity index (χ0v) is 13.7. The Morgan fingerprint density at radius 1 is 1.00 bits per heavy atom. The van der Waals surface area contributed by atoms with E-state index in [4.69, 9.17) is 27.9 Å². The van der Waals surface area contributed by atoms with Crippen LogP contribution in [0.3, 0.4) is 0 Å². The minimum Gasteiger partial charge on any atom is -0.462 e. The number of ketones is 1. The SMILES string of the molecule is O=C(OCC1CC1(Cl)Cl)c1ccccc1C(=O)c1ccccc1. The Balaban J connectivity index is 1.78. The second-order valence-electron chi connectivity index (χ2n) is 5.50. The van der Waals surface area contributed by atoms with Crippen LogP contribution in [0.25, 0.3) is 0 Å². The molecule has 0 heterocycles. The summed E-state index contributed by atoms with van der Waals surface area (Å²) in [5.41, 5.74) is 1.09. The van der Waals surface area contributed by atoms with Gasteiger partial charge < -0.3 is 4.74 Å². The van der Waals surface area contributed by atoms with E-state index in [0.717, 1.165) is 0 Å². The van der Waals surface area contributed by atoms with Crippen LogP contribution in [0.2, 0.25) is 0 Å². The van der Waals surface area contributed by atoms with Gasteiger partial charge in [-0.1, -0.05) is 48.5 Å². The third kappa shape index (κ3) is 3.57. The fourth-order valence-corrected chi connectivity index (χ4v) is 2.81. The van der Waals surface area contributed by atoms with E-state index in [-0.39, 0.29) is 23.9 Å². The molecule has 23 heavy (non-hydrogen) atoms. The predicted molar refractivity (Wildman–Crippen MR) is 89.1 cm³/mol. The Hall–Kier alpha value is -1.84. The number of hydrogen-bond acceptors (Lipinski definition) is 3. The van der Waals surface area contributed by atoms with Gasteiger partial charge in [-0.3, -0.25) is 4.79 Å². The van der Waals surface area contributed by atoms with E-state index in [1.807, 2.05) is 6.07 Å². The van der Waals surface area contributed by atoms with E-state index in [2.05, 4.69) is 0 Å². The molecule has 118 valence electrons. The van der Waals surface area contributed by atoms with E-state index in [1.54, 1.807) is 48.5 Å². The Kier molecular flexibility index (Phi) is 4.42. The van der Waals surface area contributed by atoms with Crippen LogP contribution in [0, 0.1) is 5.92 Å². The zero-order valence-electron chi connectivity index (χ0n) is 12.2. The average molecular weight is 349 g/mol. The number of hydrogen-bond donors (Lipinski definition) is 0. The molecule has 5 heteroatoms. The van der Waals surface area contributed by atoms with E-state index in [0.29, 0.717) is 17.5 Å². The van der Waals surface area contributed by atoms with Gasteiger partial charge in [0.2, 0.25) is 0 Å². The molecular formula is C18H14Cl2O3. The van der Waals surface area contributed by atoms with E-state index in [9.17, 15) is 9.59 Å². The number of carbonyl (C=O) groups is 2. The first-order valence-corrected chi connectivity index (χ1v) is 7.98. The minimum absolute atomic E-state index is 0.0493. The van der Waals surface area contributed by atoms with Crippen molar-refractivity contribution in [3.8, 4) is 0 Å². The first-order valence-electron chi connectivity index (χ1n) is 7.23. The molecule has 1 saturated carbocycles. The molecule has 0 aromatic heterocycles. The van der Waals surface area contributed by atoms with Gasteiger partial charge in [0.05, 0.1) is 12.2 Å². The summed E-state index contributed by atoms with van der Waals surface area (Å²) in [6.45, 7) is 0.152. The summed E-state index contributed by atoms with van der Waals surface area (Å²) >= 11 is 11.8. The first kappa shape index (κ1) is 16.0. The Bertz CT molecular complexity index is 741. The molecule has 0 spiro atoms. The normalized spacial score (nSPS) is 18.3. The van der Waals surface area contributed by atoms with Crippen LogP contribution in [-0.4, -0.2) is 22.7 Å². The molecule has 1 aliphatic carbocycles. The van der Waals surface area contributed by atoms with Gasteiger partial charge in [0.25, 0.3) is 0 Å². The molecule has 2 aromatic rings. The fraction of sp³-hybridized carbons (Fsp3) is 0.222. The van der Waals surface area contributed by atoms with Crippen molar-refractivity contribution >= 4 is 35.0 Å². The highest BCUT2D eigenvalue weighted by Gasteiger charge is 2.52. The highest BCUT2D eigenvalue weighted by atomic mass is 35.5. The number of esters is 1. The number of ether oxygens (including phenoxy) is 1. The summed E-state index contributed by atoms with van der Waals surface area (Å²) in [6, 6.07) is 15.4. The van der Waals surface area contributed by atoms with Crippen LogP contribution in [0.1, 0.15) is 32.7 Å². The predicted octanol–water partition coefficient (Wildman–Crippen LogP) is 4.27. The van der Waals surface area contributed by atoms with Crippen LogP contribution in [0.15, 0.2) is 54.6 Å². The number of carbonyl (C=O) groups excluding carboxylic acids is 2. The number of benzene rings is 2. The summed E-state index contributed by atoms with van der Waals surface area (Å²) in [5.74, 6) is -0.804. The van der Waals surface area contributed by atoms with Crippen LogP contribution < -0.4 is 0 Å². The standard InChI is InChI=1S/C18H14Cl2O3/c19-18(20)10-13(18)11-23-17(22)15-9-5-4-8-14(15)16(21)12-6-2-1-3-7-12/h1-9,13H,10-11H2. The third-order valence-corrected chi connectivity index (χ3v) is 4.72. The molecule has 1 aliphatic rings. The largest absolute Gasteiger partial charge is 0.462 e. The second-order valence-corrected chi connectivity index (χ2v) is 7.04. The molecular weight excluding hydrogens is 335 g/mol. The van der Waals surface area contributed by atoms with Gasteiger partial charge in [-0.15, -0.1) is 23.2 Å². The molecule has 0 N–H and O–H groups in total. The van der Waals surface area contributed by atoms with Gasteiger partial charge in [0, 0.05) is 17.0 Å². The average Bonchev–Trinajstić information content (AvgIpc) is 3.19. The van der Waals surface area contributed by atoms with Gasteiger partial charge in [-0.25, -0.2) is 4.79 Å². The molecule has 3 rings (SSSR count). The minimum atomic E-state index is -0.792. The van der Waals surface area contributed by atoms with E-state index < -0.39 is 10.3 Å². The maximum atomic E-state index is 12.6. The van der Waals surface area contributed by atoms with Crippen LogP contribution in [0.4, 0.5) is 0 Å². The fourth-order valence-electron chi connectivity index (χ4n) is 2.31. The first-order chi connectivity index (χ1) is 11.0. The lowest BCUT2D eigenvalue weighted by Crippen LogP contribution is -2.14. The van der Waals surface area contributed by atoms with E-state index in [1.165, 1.54) is 0 Å². The highest BCUT2D eigenvalue weighted by molar-refractivity contribution is 6.50. The Morgan fingerprint density at radius 2 is 1.57 bits per heavy atom. The van der Waals surface area contributed by atoms with Crippen molar-refractivity contribution in [2.75, 3.05) is 6.61 Å². The Morgan fingerprint density at radius 3 is 2.17 bits per heavy atom. The third-order valence-electron chi connectivity index (χ3n) is 3.80. The summed E-state index contributed by atoms with van der Waals surface area (Å²) in [4.78, 5) is 24.9. The van der Waals surface area contributed by atoms with Crippen LogP contribution in [0.5, 0.6) is 0 Å². The van der Waals surface area contributed by atoms with Crippen molar-refractivity contribution < 1.29 is 14.3 Å². The number of rotatable bonds is 5. The smallest absolute Gasteiger partial charge is 0.338 e. The lowest BCUT2D eigenvalue weighted by molar-refractivity contribution is 0.0482. The second kappa shape index (κ2) is 6.34. The molecule has 2 aromatic carbocycles. The van der Waals surface area contributed by atoms with Gasteiger partial charge in [0.1, 0.15) is 4.33 Å². The van der Waals surface area contributed by atoms with Crippen LogP contribution >= 0.6 is 23.2 Å². The van der Waals surface area contributed by atoms with E-state index >= 15 is 0 Å². The Labute approximate surface area is 144 Å². The van der Waals surface area contributed by atoms with Crippen molar-refractivity contribution in [2.24, 2.45) is 5.92 Å². The number of alkyl halides is 2. The molecule has 0 radical (unpaired) electrons. The molecule has 0 bridgehead atoms. The lowest BCUT2D eigenvalue weighted by Gasteiger charge is -2.09. The maximum Gasteiger partial charge on any atom is 0.338 e. The van der Waals surface area contributed by atoms with Gasteiger partial charge in [0.15, 0.2) is 5.78 Å². The van der Waals surface area contributed by atoms with Gasteiger partial charge in [-0.05, 0) is 12.5 Å². The summed E-state index contributed by atoms with van der Waals surface area (Å²) in [5, 5.41) is 0. The molecule has 1 fully saturated rings. The monoisotopic (exact) mass is 348 g/mol. The van der Waals surface area contributed by atoms with Crippen molar-refractivity contribution in [3.05, 3.63) is 71.3 Å². The van der Waals surface area contributed by atoms with Crippen molar-refractivity contribution in [2.45, 2.75) is 10.8 Å². The molecule has 3 nitrogen and oxygen atoms in total. The van der Waals surface area contributed by atoms with Gasteiger partial charge in [-0.2, -0.15) is 0 Å². The highest BCUT2D eigenvalue weighted by Crippen LogP contribution is 2.53. The molecule has 1 unspecified atom stereocenters. The summed E-state index contributed by atoms with van der Waals surface area (Å²) < 4.78 is 4.46. The zero-order chi connectivity index (χ0) is 16.4. The molecule has 0 amide bonds. The van der Waals surface area contributed by atoms with Crippen molar-refractivity contribution in [1.29, 1.82) is 0 Å². The number of halogens is 2. The maximum absolute atomic E-state index is 12.6. The molecule has 1 atom stereocenters. The summed E-state index contributed by atoms with van der Waals surface area (Å²) in [6.07, 6.45) is 0.605. The van der Waals surface area contributed by atoms with Crippen molar-refractivity contribution in [3.63, 3.8) is 0 Å².